The third-order valence-electron chi connectivity index (χ3n) is 12.9. The molecule has 2 N–H and O–H groups in total. The van der Waals surface area contributed by atoms with Gasteiger partial charge in [0.15, 0.2) is 0 Å². The van der Waals surface area contributed by atoms with Crippen LogP contribution in [0.15, 0.2) is 146 Å². The van der Waals surface area contributed by atoms with E-state index in [1.54, 1.807) is 0 Å². The van der Waals surface area contributed by atoms with E-state index in [0.29, 0.717) is 24.2 Å². The fourth-order valence-electron chi connectivity index (χ4n) is 9.92. The predicted octanol–water partition coefficient (Wildman–Crippen LogP) is 9.78. The molecular weight excluding hydrogens is 737 g/mol. The van der Waals surface area contributed by atoms with Gasteiger partial charge in [-0.2, -0.15) is 0 Å². The van der Waals surface area contributed by atoms with Crippen molar-refractivity contribution in [1.82, 2.24) is 40.4 Å². The second-order valence-corrected chi connectivity index (χ2v) is 16.9. The lowest BCUT2D eigenvalue weighted by atomic mass is 9.88. The van der Waals surface area contributed by atoms with Gasteiger partial charge in [-0.25, -0.2) is 0 Å². The molecule has 4 atom stereocenters. The van der Waals surface area contributed by atoms with E-state index in [9.17, 15) is 0 Å². The Bertz CT molecular complexity index is 2150. The number of rotatable bonds is 16. The van der Waals surface area contributed by atoms with Crippen LogP contribution in [0, 0.1) is 0 Å². The normalized spacial score (nSPS) is 19.6. The zero-order chi connectivity index (χ0) is 40.4. The molecule has 2 saturated carbocycles. The van der Waals surface area contributed by atoms with E-state index in [0.717, 1.165) is 62.0 Å². The number of nitrogens with one attached hydrogen (secondary N) is 2. The van der Waals surface area contributed by atoms with Crippen LogP contribution in [0.25, 0.3) is 21.5 Å². The molecule has 306 valence electrons. The number of hydrogen-bond acceptors (Lipinski definition) is 8. The Balaban J connectivity index is 0.940. The van der Waals surface area contributed by atoms with Gasteiger partial charge in [0.2, 0.25) is 0 Å². The summed E-state index contributed by atoms with van der Waals surface area (Å²) in [5, 5.41) is 13.5. The molecule has 0 bridgehead atoms. The van der Waals surface area contributed by atoms with E-state index in [4.69, 9.17) is 19.9 Å². The van der Waals surface area contributed by atoms with Crippen molar-refractivity contribution in [3.8, 4) is 0 Å². The summed E-state index contributed by atoms with van der Waals surface area (Å²) in [6, 6.07) is 45.1. The third kappa shape index (κ3) is 9.96. The monoisotopic (exact) mass is 794 g/mol. The van der Waals surface area contributed by atoms with Crippen LogP contribution >= 0.6 is 0 Å². The summed E-state index contributed by atoms with van der Waals surface area (Å²) in [6.07, 6.45) is 17.3. The molecule has 8 heteroatoms. The van der Waals surface area contributed by atoms with Gasteiger partial charge in [-0.3, -0.25) is 29.7 Å². The average Bonchev–Trinajstić information content (AvgIpc) is 3.30. The fraction of sp³-hybridized carbons (Fsp3) is 0.346. The minimum atomic E-state index is 0.375. The summed E-state index contributed by atoms with van der Waals surface area (Å²) < 4.78 is 0. The minimum Gasteiger partial charge on any atom is -0.308 e. The molecule has 4 heterocycles. The Morgan fingerprint density at radius 1 is 0.417 bits per heavy atom. The molecule has 2 aliphatic rings. The molecule has 0 spiro atoms. The first-order valence-corrected chi connectivity index (χ1v) is 22.2. The van der Waals surface area contributed by atoms with Gasteiger partial charge >= 0.3 is 0 Å². The number of aromatic nitrogens is 4. The second kappa shape index (κ2) is 19.8. The third-order valence-corrected chi connectivity index (χ3v) is 12.9. The van der Waals surface area contributed by atoms with Gasteiger partial charge in [-0.05, 0) is 119 Å². The smallest absolute Gasteiger partial charge is 0.0544 e. The van der Waals surface area contributed by atoms with Gasteiger partial charge in [0.1, 0.15) is 0 Å². The molecule has 9 rings (SSSR count). The van der Waals surface area contributed by atoms with Crippen molar-refractivity contribution >= 4 is 21.5 Å². The Hall–Kier alpha value is -5.38. The van der Waals surface area contributed by atoms with Gasteiger partial charge in [0.05, 0.1) is 22.8 Å². The van der Waals surface area contributed by atoms with Crippen molar-refractivity contribution < 1.29 is 0 Å². The number of fused-ring (bicyclic) bond motifs is 2. The minimum absolute atomic E-state index is 0.375. The van der Waals surface area contributed by atoms with Gasteiger partial charge in [0, 0.05) is 88.2 Å². The van der Waals surface area contributed by atoms with Crippen molar-refractivity contribution in [3.63, 3.8) is 0 Å². The van der Waals surface area contributed by atoms with Crippen LogP contribution in [0.1, 0.15) is 85.3 Å². The van der Waals surface area contributed by atoms with Crippen LogP contribution in [0.4, 0.5) is 0 Å². The molecule has 4 unspecified atom stereocenters. The van der Waals surface area contributed by atoms with Crippen LogP contribution in [-0.4, -0.2) is 53.9 Å². The first kappa shape index (κ1) is 40.0. The summed E-state index contributed by atoms with van der Waals surface area (Å²) in [4.78, 5) is 24.1. The predicted molar refractivity (Wildman–Crippen MR) is 243 cm³/mol. The topological polar surface area (TPSA) is 82.1 Å². The van der Waals surface area contributed by atoms with E-state index < -0.39 is 0 Å². The van der Waals surface area contributed by atoms with E-state index in [1.807, 2.05) is 49.1 Å². The van der Waals surface area contributed by atoms with Crippen molar-refractivity contribution in [2.45, 2.75) is 115 Å². The fourth-order valence-corrected chi connectivity index (χ4v) is 9.92. The van der Waals surface area contributed by atoms with Crippen LogP contribution in [0.5, 0.6) is 0 Å². The number of hydrogen-bond donors (Lipinski definition) is 2. The molecular formula is C52H58N8. The zero-order valence-electron chi connectivity index (χ0n) is 34.7. The van der Waals surface area contributed by atoms with Crippen molar-refractivity contribution in [2.24, 2.45) is 0 Å². The molecule has 8 nitrogen and oxygen atoms in total. The highest BCUT2D eigenvalue weighted by Gasteiger charge is 2.32. The summed E-state index contributed by atoms with van der Waals surface area (Å²) >= 11 is 0. The van der Waals surface area contributed by atoms with Crippen LogP contribution < -0.4 is 10.6 Å². The molecule has 0 aliphatic heterocycles. The van der Waals surface area contributed by atoms with Crippen molar-refractivity contribution in [3.05, 3.63) is 180 Å². The van der Waals surface area contributed by atoms with Gasteiger partial charge in [-0.1, -0.05) is 86.3 Å². The SMILES string of the molecule is c1ccc(CN(Cc2ccccn2)C2CCCCC2NCc2cccc3cc4cccc(CNC5CCCCC5N(Cc5ccccn5)Cc5ccccn5)c4cc23)nc1. The zero-order valence-corrected chi connectivity index (χ0v) is 34.7. The largest absolute Gasteiger partial charge is 0.308 e. The number of pyridine rings is 4. The molecule has 0 saturated heterocycles. The first-order chi connectivity index (χ1) is 29.7. The lowest BCUT2D eigenvalue weighted by molar-refractivity contribution is 0.104. The van der Waals surface area contributed by atoms with E-state index in [-0.39, 0.29) is 0 Å². The molecule has 60 heavy (non-hydrogen) atoms. The van der Waals surface area contributed by atoms with E-state index >= 15 is 0 Å². The molecule has 4 aromatic heterocycles. The standard InChI is InChI=1S/C52H58N8/c1-3-25-51(59(35-43-19-5-9-27-53-43)36-44-20-6-10-28-54-44)49(23-1)57-33-41-17-13-15-39-31-40-16-14-18-42(48(40)32-47(39)41)34-58-50-24-2-4-26-52(50)60(37-45-21-7-11-29-55-45)38-46-22-8-12-30-56-46/h5-22,27-32,49-52,57-58H,1-4,23-26,33-38H2. The highest BCUT2D eigenvalue weighted by Crippen LogP contribution is 2.31. The maximum absolute atomic E-state index is 4.73. The maximum atomic E-state index is 4.73. The van der Waals surface area contributed by atoms with Crippen LogP contribution in [-0.2, 0) is 39.3 Å². The van der Waals surface area contributed by atoms with E-state index in [2.05, 4.69) is 117 Å². The molecule has 2 fully saturated rings. The van der Waals surface area contributed by atoms with Gasteiger partial charge in [-0.15, -0.1) is 0 Å². The Kier molecular flexibility index (Phi) is 13.2. The van der Waals surface area contributed by atoms with Crippen molar-refractivity contribution in [1.29, 1.82) is 0 Å². The molecule has 0 radical (unpaired) electrons. The molecule has 7 aromatic rings. The number of nitrogens with zero attached hydrogens (tertiary/aromatic N) is 6. The highest BCUT2D eigenvalue weighted by atomic mass is 15.2. The van der Waals surface area contributed by atoms with Crippen LogP contribution in [0.3, 0.4) is 0 Å². The Morgan fingerprint density at radius 3 is 1.17 bits per heavy atom. The Morgan fingerprint density at radius 2 is 0.800 bits per heavy atom. The second-order valence-electron chi connectivity index (χ2n) is 16.9. The summed E-state index contributed by atoms with van der Waals surface area (Å²) in [6.45, 7) is 4.91. The summed E-state index contributed by atoms with van der Waals surface area (Å²) in [7, 11) is 0. The van der Waals surface area contributed by atoms with E-state index in [1.165, 1.54) is 84.0 Å². The highest BCUT2D eigenvalue weighted by molar-refractivity contribution is 6.01. The quantitative estimate of drug-likeness (QED) is 0.0937. The van der Waals surface area contributed by atoms with Gasteiger partial charge in [0.25, 0.3) is 0 Å². The molecule has 0 amide bonds. The Labute approximate surface area is 355 Å². The maximum Gasteiger partial charge on any atom is 0.0544 e. The lowest BCUT2D eigenvalue weighted by Gasteiger charge is -2.40. The van der Waals surface area contributed by atoms with Crippen LogP contribution in [0.2, 0.25) is 0 Å². The average molecular weight is 795 g/mol. The number of benzene rings is 3. The molecule has 3 aromatic carbocycles. The lowest BCUT2D eigenvalue weighted by Crippen LogP contribution is -2.51. The van der Waals surface area contributed by atoms with Gasteiger partial charge < -0.3 is 10.6 Å². The molecule has 2 aliphatic carbocycles. The summed E-state index contributed by atoms with van der Waals surface area (Å²) in [5.41, 5.74) is 7.14. The summed E-state index contributed by atoms with van der Waals surface area (Å²) in [5.74, 6) is 0. The van der Waals surface area contributed by atoms with Crippen molar-refractivity contribution in [2.75, 3.05) is 0 Å². The first-order valence-electron chi connectivity index (χ1n) is 22.2.